The van der Waals surface area contributed by atoms with Crippen LogP contribution >= 0.6 is 0 Å². The summed E-state index contributed by atoms with van der Waals surface area (Å²) in [6, 6.07) is 0.821. The van der Waals surface area contributed by atoms with Gasteiger partial charge in [0, 0.05) is 19.3 Å². The SMILES string of the molecule is Cn1cc(CCNC2CC2)cn1. The van der Waals surface area contributed by atoms with E-state index in [1.54, 1.807) is 0 Å². The van der Waals surface area contributed by atoms with Crippen molar-refractivity contribution in [3.63, 3.8) is 0 Å². The molecule has 0 atom stereocenters. The summed E-state index contributed by atoms with van der Waals surface area (Å²) in [6.45, 7) is 1.09. The molecule has 0 saturated heterocycles. The zero-order valence-electron chi connectivity index (χ0n) is 7.45. The third-order valence-electron chi connectivity index (χ3n) is 2.18. The Kier molecular flexibility index (Phi) is 2.13. The van der Waals surface area contributed by atoms with Gasteiger partial charge in [-0.15, -0.1) is 0 Å². The summed E-state index contributed by atoms with van der Waals surface area (Å²) in [5.74, 6) is 0. The monoisotopic (exact) mass is 165 g/mol. The highest BCUT2D eigenvalue weighted by Crippen LogP contribution is 2.18. The summed E-state index contributed by atoms with van der Waals surface area (Å²) in [6.07, 6.45) is 7.85. The van der Waals surface area contributed by atoms with Crippen molar-refractivity contribution in [2.75, 3.05) is 6.54 Å². The topological polar surface area (TPSA) is 29.9 Å². The summed E-state index contributed by atoms with van der Waals surface area (Å²) >= 11 is 0. The minimum absolute atomic E-state index is 0.821. The standard InChI is InChI=1S/C9H15N3/c1-12-7-8(6-11-12)4-5-10-9-2-3-9/h6-7,9-10H,2-5H2,1H3. The van der Waals surface area contributed by atoms with E-state index in [4.69, 9.17) is 0 Å². The van der Waals surface area contributed by atoms with Gasteiger partial charge in [0.05, 0.1) is 6.20 Å². The van der Waals surface area contributed by atoms with E-state index in [0.29, 0.717) is 0 Å². The highest BCUT2D eigenvalue weighted by molar-refractivity contribution is 5.04. The molecule has 1 aromatic heterocycles. The van der Waals surface area contributed by atoms with Crippen LogP contribution in [0.15, 0.2) is 12.4 Å². The van der Waals surface area contributed by atoms with E-state index in [9.17, 15) is 0 Å². The van der Waals surface area contributed by atoms with Crippen LogP contribution in [-0.4, -0.2) is 22.4 Å². The first-order valence-electron chi connectivity index (χ1n) is 4.55. The minimum atomic E-state index is 0.821. The van der Waals surface area contributed by atoms with E-state index in [2.05, 4.69) is 16.6 Å². The summed E-state index contributed by atoms with van der Waals surface area (Å²) in [4.78, 5) is 0. The second kappa shape index (κ2) is 3.27. The molecule has 1 saturated carbocycles. The lowest BCUT2D eigenvalue weighted by Gasteiger charge is -1.98. The van der Waals surface area contributed by atoms with Crippen LogP contribution in [0.2, 0.25) is 0 Å². The molecule has 3 nitrogen and oxygen atoms in total. The van der Waals surface area contributed by atoms with E-state index in [-0.39, 0.29) is 0 Å². The Morgan fingerprint density at radius 3 is 3.08 bits per heavy atom. The number of nitrogens with one attached hydrogen (secondary N) is 1. The van der Waals surface area contributed by atoms with Crippen molar-refractivity contribution in [2.45, 2.75) is 25.3 Å². The number of rotatable bonds is 4. The summed E-state index contributed by atoms with van der Waals surface area (Å²) in [7, 11) is 1.96. The second-order valence-electron chi connectivity index (χ2n) is 3.50. The molecule has 0 spiro atoms. The van der Waals surface area contributed by atoms with Gasteiger partial charge in [-0.25, -0.2) is 0 Å². The van der Waals surface area contributed by atoms with Gasteiger partial charge < -0.3 is 5.32 Å². The van der Waals surface area contributed by atoms with Gasteiger partial charge in [0.1, 0.15) is 0 Å². The van der Waals surface area contributed by atoms with Gasteiger partial charge in [-0.3, -0.25) is 4.68 Å². The van der Waals surface area contributed by atoms with Crippen LogP contribution in [0.1, 0.15) is 18.4 Å². The fraction of sp³-hybridized carbons (Fsp3) is 0.667. The molecule has 1 aliphatic rings. The normalized spacial score (nSPS) is 16.8. The quantitative estimate of drug-likeness (QED) is 0.712. The van der Waals surface area contributed by atoms with Crippen molar-refractivity contribution >= 4 is 0 Å². The zero-order valence-corrected chi connectivity index (χ0v) is 7.45. The third-order valence-corrected chi connectivity index (χ3v) is 2.18. The molecular formula is C9H15N3. The van der Waals surface area contributed by atoms with Crippen molar-refractivity contribution < 1.29 is 0 Å². The zero-order chi connectivity index (χ0) is 8.39. The van der Waals surface area contributed by atoms with E-state index < -0.39 is 0 Å². The Morgan fingerprint density at radius 2 is 2.50 bits per heavy atom. The van der Waals surface area contributed by atoms with Crippen LogP contribution in [0.25, 0.3) is 0 Å². The predicted molar refractivity (Wildman–Crippen MR) is 47.9 cm³/mol. The van der Waals surface area contributed by atoms with Crippen LogP contribution in [0, 0.1) is 0 Å². The fourth-order valence-electron chi connectivity index (χ4n) is 1.31. The number of aryl methyl sites for hydroxylation is 1. The number of hydrogen-bond acceptors (Lipinski definition) is 2. The van der Waals surface area contributed by atoms with Crippen molar-refractivity contribution in [3.05, 3.63) is 18.0 Å². The fourth-order valence-corrected chi connectivity index (χ4v) is 1.31. The first-order valence-corrected chi connectivity index (χ1v) is 4.55. The maximum absolute atomic E-state index is 4.12. The highest BCUT2D eigenvalue weighted by atomic mass is 15.2. The first kappa shape index (κ1) is 7.80. The van der Waals surface area contributed by atoms with Crippen molar-refractivity contribution in [1.29, 1.82) is 0 Å². The molecule has 0 aliphatic heterocycles. The lowest BCUT2D eigenvalue weighted by molar-refractivity contribution is 0.681. The molecule has 12 heavy (non-hydrogen) atoms. The molecule has 1 fully saturated rings. The molecule has 66 valence electrons. The molecule has 1 aliphatic carbocycles. The Morgan fingerprint density at radius 1 is 1.67 bits per heavy atom. The predicted octanol–water partition coefficient (Wildman–Crippen LogP) is 0.715. The smallest absolute Gasteiger partial charge is 0.0522 e. The van der Waals surface area contributed by atoms with Gasteiger partial charge in [-0.2, -0.15) is 5.10 Å². The average Bonchev–Trinajstić information content (AvgIpc) is 2.76. The Labute approximate surface area is 72.8 Å². The van der Waals surface area contributed by atoms with E-state index in [1.165, 1.54) is 18.4 Å². The Hall–Kier alpha value is -0.830. The second-order valence-corrected chi connectivity index (χ2v) is 3.50. The Balaban J connectivity index is 1.71. The molecule has 3 heteroatoms. The maximum atomic E-state index is 4.12. The molecule has 0 amide bonds. The molecule has 1 aromatic rings. The molecule has 0 bridgehead atoms. The van der Waals surface area contributed by atoms with Gasteiger partial charge in [-0.1, -0.05) is 0 Å². The van der Waals surface area contributed by atoms with Gasteiger partial charge in [0.2, 0.25) is 0 Å². The Bertz CT molecular complexity index is 250. The molecule has 0 unspecified atom stereocenters. The molecule has 0 aromatic carbocycles. The minimum Gasteiger partial charge on any atom is -0.314 e. The molecule has 1 heterocycles. The average molecular weight is 165 g/mol. The van der Waals surface area contributed by atoms with E-state index in [0.717, 1.165) is 19.0 Å². The van der Waals surface area contributed by atoms with E-state index in [1.807, 2.05) is 17.9 Å². The van der Waals surface area contributed by atoms with Crippen LogP contribution < -0.4 is 5.32 Å². The first-order chi connectivity index (χ1) is 5.84. The summed E-state index contributed by atoms with van der Waals surface area (Å²) < 4.78 is 1.85. The van der Waals surface area contributed by atoms with Gasteiger partial charge >= 0.3 is 0 Å². The van der Waals surface area contributed by atoms with Crippen molar-refractivity contribution in [1.82, 2.24) is 15.1 Å². The third kappa shape index (κ3) is 2.08. The molecule has 1 N–H and O–H groups in total. The van der Waals surface area contributed by atoms with Crippen LogP contribution in [0.3, 0.4) is 0 Å². The van der Waals surface area contributed by atoms with Crippen LogP contribution in [-0.2, 0) is 13.5 Å². The number of aromatic nitrogens is 2. The van der Waals surface area contributed by atoms with E-state index >= 15 is 0 Å². The lowest BCUT2D eigenvalue weighted by Crippen LogP contribution is -2.18. The van der Waals surface area contributed by atoms with Gasteiger partial charge in [0.15, 0.2) is 0 Å². The van der Waals surface area contributed by atoms with Crippen molar-refractivity contribution in [2.24, 2.45) is 7.05 Å². The molecule has 0 radical (unpaired) electrons. The number of nitrogens with zero attached hydrogens (tertiary/aromatic N) is 2. The number of hydrogen-bond donors (Lipinski definition) is 1. The summed E-state index contributed by atoms with van der Waals surface area (Å²) in [5, 5.41) is 7.60. The van der Waals surface area contributed by atoms with Crippen molar-refractivity contribution in [3.8, 4) is 0 Å². The van der Waals surface area contributed by atoms with Gasteiger partial charge in [0.25, 0.3) is 0 Å². The van der Waals surface area contributed by atoms with Gasteiger partial charge in [-0.05, 0) is 31.4 Å². The lowest BCUT2D eigenvalue weighted by atomic mass is 10.2. The molecular weight excluding hydrogens is 150 g/mol. The van der Waals surface area contributed by atoms with Crippen LogP contribution in [0.5, 0.6) is 0 Å². The molecule has 2 rings (SSSR count). The largest absolute Gasteiger partial charge is 0.314 e. The maximum Gasteiger partial charge on any atom is 0.0522 e. The highest BCUT2D eigenvalue weighted by Gasteiger charge is 2.19. The van der Waals surface area contributed by atoms with Crippen LogP contribution in [0.4, 0.5) is 0 Å². The summed E-state index contributed by atoms with van der Waals surface area (Å²) in [5.41, 5.74) is 1.32.